The Balaban J connectivity index is 1.78. The van der Waals surface area contributed by atoms with E-state index < -0.39 is 0 Å². The summed E-state index contributed by atoms with van der Waals surface area (Å²) in [5.41, 5.74) is 5.81. The first kappa shape index (κ1) is 15.4. The lowest BCUT2D eigenvalue weighted by Crippen LogP contribution is -1.99. The predicted molar refractivity (Wildman–Crippen MR) is 97.2 cm³/mol. The summed E-state index contributed by atoms with van der Waals surface area (Å²) in [6, 6.07) is 15.0. The lowest BCUT2D eigenvalue weighted by molar-refractivity contribution is 0.104. The minimum absolute atomic E-state index is 0.0165. The predicted octanol–water partition coefficient (Wildman–Crippen LogP) is 4.02. The molecule has 25 heavy (non-hydrogen) atoms. The van der Waals surface area contributed by atoms with E-state index in [9.17, 15) is 9.90 Å². The third kappa shape index (κ3) is 2.47. The van der Waals surface area contributed by atoms with Gasteiger partial charge in [0.1, 0.15) is 5.75 Å². The number of ketones is 1. The summed E-state index contributed by atoms with van der Waals surface area (Å²) in [6.07, 6.45) is 2.37. The van der Waals surface area contributed by atoms with Gasteiger partial charge in [0.15, 0.2) is 5.78 Å². The van der Waals surface area contributed by atoms with E-state index in [1.807, 2.05) is 54.9 Å². The van der Waals surface area contributed by atoms with E-state index in [1.165, 1.54) is 0 Å². The lowest BCUT2D eigenvalue weighted by atomic mass is 10.1. The van der Waals surface area contributed by atoms with Crippen molar-refractivity contribution in [1.82, 2.24) is 9.78 Å². The highest BCUT2D eigenvalue weighted by atomic mass is 16.3. The van der Waals surface area contributed by atoms with Gasteiger partial charge >= 0.3 is 0 Å². The Morgan fingerprint density at radius 3 is 2.56 bits per heavy atom. The number of nitrogens with zero attached hydrogens (tertiary/aromatic N) is 2. The second-order valence-corrected chi connectivity index (χ2v) is 6.31. The number of allylic oxidation sites excluding steroid dienone is 1. The number of rotatable bonds is 2. The van der Waals surface area contributed by atoms with Crippen molar-refractivity contribution in [3.05, 3.63) is 82.2 Å². The molecule has 1 aromatic heterocycles. The zero-order valence-electron chi connectivity index (χ0n) is 14.2. The van der Waals surface area contributed by atoms with Crippen LogP contribution in [0.4, 0.5) is 0 Å². The fourth-order valence-corrected chi connectivity index (χ4v) is 3.39. The quantitative estimate of drug-likeness (QED) is 0.722. The highest BCUT2D eigenvalue weighted by molar-refractivity contribution is 6.16. The number of hydrogen-bond acceptors (Lipinski definition) is 3. The summed E-state index contributed by atoms with van der Waals surface area (Å²) >= 11 is 0. The van der Waals surface area contributed by atoms with Crippen molar-refractivity contribution in [2.24, 2.45) is 0 Å². The molecule has 1 heterocycles. The number of aryl methyl sites for hydroxylation is 1. The van der Waals surface area contributed by atoms with E-state index in [0.717, 1.165) is 22.6 Å². The summed E-state index contributed by atoms with van der Waals surface area (Å²) in [5.74, 6) is 0.167. The Labute approximate surface area is 146 Å². The maximum atomic E-state index is 12.6. The van der Waals surface area contributed by atoms with Crippen molar-refractivity contribution in [3.63, 3.8) is 0 Å². The Morgan fingerprint density at radius 2 is 1.84 bits per heavy atom. The van der Waals surface area contributed by atoms with Crippen LogP contribution in [0.2, 0.25) is 0 Å². The molecule has 3 aromatic rings. The summed E-state index contributed by atoms with van der Waals surface area (Å²) in [6.45, 7) is 3.95. The molecule has 0 saturated carbocycles. The van der Waals surface area contributed by atoms with Crippen molar-refractivity contribution >= 4 is 11.9 Å². The zero-order valence-corrected chi connectivity index (χ0v) is 14.2. The molecule has 1 aliphatic carbocycles. The number of para-hydroxylation sites is 1. The number of benzene rings is 2. The molecule has 0 unspecified atom stereocenters. The highest BCUT2D eigenvalue weighted by Gasteiger charge is 2.27. The second-order valence-electron chi connectivity index (χ2n) is 6.31. The standard InChI is InChI=1S/C21H18N2O2/c1-13-18(14(2)23(22-13)16-7-4-3-5-8-16)11-15-12-19-17(21(15)25)9-6-10-20(19)24/h3-11,24H,12H2,1-2H3/b15-11+. The largest absolute Gasteiger partial charge is 0.508 e. The van der Waals surface area contributed by atoms with Crippen molar-refractivity contribution < 1.29 is 9.90 Å². The van der Waals surface area contributed by atoms with E-state index in [2.05, 4.69) is 5.10 Å². The van der Waals surface area contributed by atoms with Gasteiger partial charge in [0, 0.05) is 34.4 Å². The molecule has 1 N–H and O–H groups in total. The van der Waals surface area contributed by atoms with Crippen LogP contribution in [0.3, 0.4) is 0 Å². The van der Waals surface area contributed by atoms with Crippen molar-refractivity contribution in [2.45, 2.75) is 20.3 Å². The van der Waals surface area contributed by atoms with Crippen molar-refractivity contribution in [2.75, 3.05) is 0 Å². The Hall–Kier alpha value is -3.14. The molecule has 0 spiro atoms. The summed E-state index contributed by atoms with van der Waals surface area (Å²) < 4.78 is 1.89. The molecule has 4 nitrogen and oxygen atoms in total. The van der Waals surface area contributed by atoms with Gasteiger partial charge < -0.3 is 5.11 Å². The van der Waals surface area contributed by atoms with Gasteiger partial charge in [0.2, 0.25) is 0 Å². The summed E-state index contributed by atoms with van der Waals surface area (Å²) in [7, 11) is 0. The van der Waals surface area contributed by atoms with Crippen LogP contribution in [0.25, 0.3) is 11.8 Å². The van der Waals surface area contributed by atoms with E-state index >= 15 is 0 Å². The van der Waals surface area contributed by atoms with Crippen LogP contribution < -0.4 is 0 Å². The maximum Gasteiger partial charge on any atom is 0.189 e. The first-order chi connectivity index (χ1) is 12.1. The number of fused-ring (bicyclic) bond motifs is 1. The van der Waals surface area contributed by atoms with E-state index in [0.29, 0.717) is 23.1 Å². The lowest BCUT2D eigenvalue weighted by Gasteiger charge is -2.04. The minimum Gasteiger partial charge on any atom is -0.508 e. The number of hydrogen-bond donors (Lipinski definition) is 1. The van der Waals surface area contributed by atoms with Gasteiger partial charge in [-0.2, -0.15) is 5.10 Å². The molecule has 124 valence electrons. The Kier molecular flexibility index (Phi) is 3.53. The highest BCUT2D eigenvalue weighted by Crippen LogP contribution is 2.34. The number of carbonyl (C=O) groups is 1. The van der Waals surface area contributed by atoms with Crippen LogP contribution in [0.15, 0.2) is 54.1 Å². The molecule has 0 fully saturated rings. The molecular weight excluding hydrogens is 312 g/mol. The molecule has 0 bridgehead atoms. The van der Waals surface area contributed by atoms with Gasteiger partial charge in [-0.25, -0.2) is 4.68 Å². The SMILES string of the molecule is Cc1nn(-c2ccccc2)c(C)c1/C=C1\Cc2c(O)cccc2C1=O. The third-order valence-corrected chi connectivity index (χ3v) is 4.72. The van der Waals surface area contributed by atoms with Gasteiger partial charge in [0.25, 0.3) is 0 Å². The minimum atomic E-state index is -0.0165. The third-order valence-electron chi connectivity index (χ3n) is 4.72. The summed E-state index contributed by atoms with van der Waals surface area (Å²) in [5, 5.41) is 14.6. The number of carbonyl (C=O) groups excluding carboxylic acids is 1. The smallest absolute Gasteiger partial charge is 0.189 e. The number of aromatic hydroxyl groups is 1. The molecule has 4 heteroatoms. The van der Waals surface area contributed by atoms with E-state index in [-0.39, 0.29) is 11.5 Å². The van der Waals surface area contributed by atoms with Gasteiger partial charge in [-0.1, -0.05) is 30.3 Å². The maximum absolute atomic E-state index is 12.6. The van der Waals surface area contributed by atoms with Gasteiger partial charge in [-0.3, -0.25) is 4.79 Å². The first-order valence-corrected chi connectivity index (χ1v) is 8.24. The topological polar surface area (TPSA) is 55.1 Å². The van der Waals surface area contributed by atoms with Crippen LogP contribution in [0, 0.1) is 13.8 Å². The molecule has 0 amide bonds. The molecule has 0 atom stereocenters. The second kappa shape index (κ2) is 5.74. The molecule has 2 aromatic carbocycles. The zero-order chi connectivity index (χ0) is 17.6. The van der Waals surface area contributed by atoms with Crippen LogP contribution in [0.5, 0.6) is 5.75 Å². The van der Waals surface area contributed by atoms with Crippen LogP contribution in [-0.2, 0) is 6.42 Å². The fourth-order valence-electron chi connectivity index (χ4n) is 3.39. The summed E-state index contributed by atoms with van der Waals surface area (Å²) in [4.78, 5) is 12.6. The fraction of sp³-hybridized carbons (Fsp3) is 0.143. The number of aromatic nitrogens is 2. The number of phenols is 1. The van der Waals surface area contributed by atoms with Crippen LogP contribution in [0.1, 0.15) is 32.9 Å². The molecule has 0 saturated heterocycles. The van der Waals surface area contributed by atoms with Crippen molar-refractivity contribution in [3.8, 4) is 11.4 Å². The number of phenolic OH excluding ortho intramolecular Hbond substituents is 1. The van der Waals surface area contributed by atoms with Gasteiger partial charge in [0.05, 0.1) is 11.4 Å². The average Bonchev–Trinajstić information content (AvgIpc) is 3.09. The molecule has 0 radical (unpaired) electrons. The molecule has 4 rings (SSSR count). The van der Waals surface area contributed by atoms with Crippen LogP contribution >= 0.6 is 0 Å². The van der Waals surface area contributed by atoms with Crippen molar-refractivity contribution in [1.29, 1.82) is 0 Å². The monoisotopic (exact) mass is 330 g/mol. The normalized spacial score (nSPS) is 15.0. The van der Waals surface area contributed by atoms with Gasteiger partial charge in [-0.15, -0.1) is 0 Å². The first-order valence-electron chi connectivity index (χ1n) is 8.24. The molecule has 1 aliphatic rings. The number of Topliss-reactive ketones (excluding diaryl/α,β-unsaturated/α-hetero) is 1. The van der Waals surface area contributed by atoms with E-state index in [4.69, 9.17) is 0 Å². The average molecular weight is 330 g/mol. The Morgan fingerprint density at radius 1 is 1.08 bits per heavy atom. The van der Waals surface area contributed by atoms with Crippen LogP contribution in [-0.4, -0.2) is 20.7 Å². The molecule has 0 aliphatic heterocycles. The van der Waals surface area contributed by atoms with E-state index in [1.54, 1.807) is 18.2 Å². The Bertz CT molecular complexity index is 1010. The van der Waals surface area contributed by atoms with Gasteiger partial charge in [-0.05, 0) is 38.1 Å². The molecular formula is C21H18N2O2.